The van der Waals surface area contributed by atoms with Crippen molar-refractivity contribution in [3.05, 3.63) is 60.8 Å². The molecule has 5 rings (SSSR count). The molecule has 0 saturated carbocycles. The van der Waals surface area contributed by atoms with E-state index in [1.165, 1.54) is 12.8 Å². The van der Waals surface area contributed by atoms with Gasteiger partial charge in [0.05, 0.1) is 0 Å². The number of aromatic nitrogens is 3. The Bertz CT molecular complexity index is 932. The van der Waals surface area contributed by atoms with Crippen LogP contribution in [0.1, 0.15) is 12.8 Å². The number of hydrogen-bond donors (Lipinski definition) is 0. The zero-order chi connectivity index (χ0) is 19.5. The highest BCUT2D eigenvalue weighted by atomic mass is 15.3. The predicted molar refractivity (Wildman–Crippen MR) is 118 cm³/mol. The quantitative estimate of drug-likeness (QED) is 0.684. The first-order chi connectivity index (χ1) is 14.4. The standard InChI is InChI=1S/C23H26N6/c1-2-8-19(9-3-1)23-25-21(27-12-6-7-13-27)18-22(26-23)29-16-14-28(15-17-29)20-10-4-5-11-24-20/h1-5,8-11,18H,6-7,12-17H2. The molecule has 2 aliphatic heterocycles. The minimum Gasteiger partial charge on any atom is -0.356 e. The van der Waals surface area contributed by atoms with Gasteiger partial charge in [-0.05, 0) is 25.0 Å². The molecule has 4 heterocycles. The summed E-state index contributed by atoms with van der Waals surface area (Å²) in [6, 6.07) is 18.6. The summed E-state index contributed by atoms with van der Waals surface area (Å²) in [5.74, 6) is 3.95. The van der Waals surface area contributed by atoms with E-state index in [1.54, 1.807) is 0 Å². The molecule has 0 aliphatic carbocycles. The Balaban J connectivity index is 1.41. The Morgan fingerprint density at radius 1 is 0.586 bits per heavy atom. The van der Waals surface area contributed by atoms with Gasteiger partial charge in [-0.2, -0.15) is 0 Å². The van der Waals surface area contributed by atoms with Gasteiger partial charge in [-0.1, -0.05) is 36.4 Å². The molecular weight excluding hydrogens is 360 g/mol. The lowest BCUT2D eigenvalue weighted by Crippen LogP contribution is -2.47. The third-order valence-electron chi connectivity index (χ3n) is 5.74. The lowest BCUT2D eigenvalue weighted by Gasteiger charge is -2.36. The molecule has 0 unspecified atom stereocenters. The van der Waals surface area contributed by atoms with Crippen molar-refractivity contribution >= 4 is 17.5 Å². The largest absolute Gasteiger partial charge is 0.356 e. The lowest BCUT2D eigenvalue weighted by atomic mass is 10.2. The van der Waals surface area contributed by atoms with E-state index in [1.807, 2.05) is 36.5 Å². The van der Waals surface area contributed by atoms with Crippen molar-refractivity contribution in [3.8, 4) is 11.4 Å². The van der Waals surface area contributed by atoms with E-state index in [-0.39, 0.29) is 0 Å². The number of rotatable bonds is 4. The summed E-state index contributed by atoms with van der Waals surface area (Å²) in [6.45, 7) is 5.92. The second kappa shape index (κ2) is 8.07. The first-order valence-corrected chi connectivity index (χ1v) is 10.5. The van der Waals surface area contributed by atoms with Crippen LogP contribution in [0.2, 0.25) is 0 Å². The van der Waals surface area contributed by atoms with Gasteiger partial charge in [0.2, 0.25) is 0 Å². The molecule has 2 aliphatic rings. The highest BCUT2D eigenvalue weighted by Gasteiger charge is 2.22. The van der Waals surface area contributed by atoms with Crippen LogP contribution in [0, 0.1) is 0 Å². The highest BCUT2D eigenvalue weighted by molar-refractivity contribution is 5.63. The van der Waals surface area contributed by atoms with Gasteiger partial charge in [-0.15, -0.1) is 0 Å². The van der Waals surface area contributed by atoms with Gasteiger partial charge in [0.15, 0.2) is 5.82 Å². The van der Waals surface area contributed by atoms with E-state index in [0.717, 1.165) is 68.1 Å². The first-order valence-electron chi connectivity index (χ1n) is 10.5. The maximum absolute atomic E-state index is 4.95. The third-order valence-corrected chi connectivity index (χ3v) is 5.74. The molecule has 0 atom stereocenters. The van der Waals surface area contributed by atoms with Crippen LogP contribution >= 0.6 is 0 Å². The molecule has 2 fully saturated rings. The average molecular weight is 387 g/mol. The summed E-state index contributed by atoms with van der Waals surface area (Å²) in [4.78, 5) is 21.5. The summed E-state index contributed by atoms with van der Waals surface area (Å²) in [7, 11) is 0. The Labute approximate surface area is 171 Å². The molecule has 6 heteroatoms. The molecule has 1 aromatic carbocycles. The van der Waals surface area contributed by atoms with Crippen molar-refractivity contribution in [2.75, 3.05) is 54.0 Å². The number of nitrogens with zero attached hydrogens (tertiary/aromatic N) is 6. The molecule has 0 bridgehead atoms. The number of piperazine rings is 1. The number of benzene rings is 1. The monoisotopic (exact) mass is 386 g/mol. The fourth-order valence-corrected chi connectivity index (χ4v) is 4.11. The maximum atomic E-state index is 4.95. The van der Waals surface area contributed by atoms with E-state index in [0.29, 0.717) is 0 Å². The van der Waals surface area contributed by atoms with Crippen LogP contribution in [0.15, 0.2) is 60.8 Å². The SMILES string of the molecule is c1ccc(-c2nc(N3CCCC3)cc(N3CCN(c4ccccn4)CC3)n2)cc1. The summed E-state index contributed by atoms with van der Waals surface area (Å²) in [6.07, 6.45) is 4.34. The highest BCUT2D eigenvalue weighted by Crippen LogP contribution is 2.27. The molecule has 3 aromatic rings. The Kier molecular flexibility index (Phi) is 4.99. The second-order valence-corrected chi connectivity index (χ2v) is 7.63. The van der Waals surface area contributed by atoms with E-state index in [9.17, 15) is 0 Å². The number of pyridine rings is 1. The summed E-state index contributed by atoms with van der Waals surface area (Å²) < 4.78 is 0. The Morgan fingerprint density at radius 3 is 1.79 bits per heavy atom. The van der Waals surface area contributed by atoms with E-state index in [2.05, 4.69) is 43.9 Å². The van der Waals surface area contributed by atoms with Crippen LogP contribution in [0.4, 0.5) is 17.5 Å². The third kappa shape index (κ3) is 3.88. The van der Waals surface area contributed by atoms with Crippen LogP contribution in [0.5, 0.6) is 0 Å². The smallest absolute Gasteiger partial charge is 0.163 e. The van der Waals surface area contributed by atoms with Crippen molar-refractivity contribution in [2.24, 2.45) is 0 Å². The van der Waals surface area contributed by atoms with Crippen molar-refractivity contribution in [2.45, 2.75) is 12.8 Å². The number of anilines is 3. The van der Waals surface area contributed by atoms with E-state index < -0.39 is 0 Å². The van der Waals surface area contributed by atoms with Gasteiger partial charge in [-0.25, -0.2) is 15.0 Å². The minimum atomic E-state index is 0.817. The minimum absolute atomic E-state index is 0.817. The van der Waals surface area contributed by atoms with Crippen LogP contribution in [-0.2, 0) is 0 Å². The average Bonchev–Trinajstić information content (AvgIpc) is 3.35. The van der Waals surface area contributed by atoms with Crippen LogP contribution in [0.3, 0.4) is 0 Å². The normalized spacial score (nSPS) is 17.0. The molecule has 0 amide bonds. The topological polar surface area (TPSA) is 48.4 Å². The zero-order valence-corrected chi connectivity index (χ0v) is 16.6. The Hall–Kier alpha value is -3.15. The fourth-order valence-electron chi connectivity index (χ4n) is 4.11. The van der Waals surface area contributed by atoms with Crippen molar-refractivity contribution < 1.29 is 0 Å². The molecule has 0 radical (unpaired) electrons. The first kappa shape index (κ1) is 17.9. The van der Waals surface area contributed by atoms with Crippen molar-refractivity contribution in [1.82, 2.24) is 15.0 Å². The number of hydrogen-bond acceptors (Lipinski definition) is 6. The van der Waals surface area contributed by atoms with Crippen molar-refractivity contribution in [1.29, 1.82) is 0 Å². The van der Waals surface area contributed by atoms with Gasteiger partial charge < -0.3 is 14.7 Å². The fraction of sp³-hybridized carbons (Fsp3) is 0.348. The van der Waals surface area contributed by atoms with Gasteiger partial charge in [0, 0.05) is 57.1 Å². The van der Waals surface area contributed by atoms with E-state index in [4.69, 9.17) is 9.97 Å². The lowest BCUT2D eigenvalue weighted by molar-refractivity contribution is 0.641. The summed E-state index contributed by atoms with van der Waals surface area (Å²) >= 11 is 0. The van der Waals surface area contributed by atoms with Crippen LogP contribution in [0.25, 0.3) is 11.4 Å². The molecule has 29 heavy (non-hydrogen) atoms. The van der Waals surface area contributed by atoms with Crippen LogP contribution in [-0.4, -0.2) is 54.2 Å². The van der Waals surface area contributed by atoms with Crippen LogP contribution < -0.4 is 14.7 Å². The summed E-state index contributed by atoms with van der Waals surface area (Å²) in [5, 5.41) is 0. The molecule has 148 valence electrons. The summed E-state index contributed by atoms with van der Waals surface area (Å²) in [5.41, 5.74) is 1.07. The Morgan fingerprint density at radius 2 is 1.17 bits per heavy atom. The second-order valence-electron chi connectivity index (χ2n) is 7.63. The molecule has 2 aromatic heterocycles. The van der Waals surface area contributed by atoms with E-state index >= 15 is 0 Å². The van der Waals surface area contributed by atoms with Gasteiger partial charge in [0.25, 0.3) is 0 Å². The maximum Gasteiger partial charge on any atom is 0.163 e. The molecule has 2 saturated heterocycles. The predicted octanol–water partition coefficient (Wildman–Crippen LogP) is 3.47. The van der Waals surface area contributed by atoms with Crippen molar-refractivity contribution in [3.63, 3.8) is 0 Å². The van der Waals surface area contributed by atoms with Gasteiger partial charge in [0.1, 0.15) is 17.5 Å². The molecular formula is C23H26N6. The molecule has 0 spiro atoms. The molecule has 0 N–H and O–H groups in total. The van der Waals surface area contributed by atoms with Gasteiger partial charge in [-0.3, -0.25) is 0 Å². The van der Waals surface area contributed by atoms with Gasteiger partial charge >= 0.3 is 0 Å². The zero-order valence-electron chi connectivity index (χ0n) is 16.6. The molecule has 6 nitrogen and oxygen atoms in total.